The Labute approximate surface area is 148 Å². The van der Waals surface area contributed by atoms with E-state index in [1.807, 2.05) is 18.2 Å². The van der Waals surface area contributed by atoms with E-state index < -0.39 is 0 Å². The van der Waals surface area contributed by atoms with Gasteiger partial charge in [-0.1, -0.05) is 6.07 Å². The van der Waals surface area contributed by atoms with Gasteiger partial charge in [0.1, 0.15) is 0 Å². The smallest absolute Gasteiger partial charge is 0.231 e. The van der Waals surface area contributed by atoms with Gasteiger partial charge in [0.05, 0.1) is 12.2 Å². The molecule has 1 saturated carbocycles. The van der Waals surface area contributed by atoms with E-state index in [9.17, 15) is 4.79 Å². The largest absolute Gasteiger partial charge is 0.454 e. The van der Waals surface area contributed by atoms with E-state index in [-0.39, 0.29) is 24.9 Å². The molecule has 1 N–H and O–H groups in total. The number of hydrogen-bond donors (Lipinski definition) is 1. The van der Waals surface area contributed by atoms with Crippen molar-refractivity contribution in [2.24, 2.45) is 5.92 Å². The fourth-order valence-corrected chi connectivity index (χ4v) is 3.65. The van der Waals surface area contributed by atoms with Crippen molar-refractivity contribution in [1.29, 1.82) is 0 Å². The highest BCUT2D eigenvalue weighted by atomic mass is 16.7. The van der Waals surface area contributed by atoms with Crippen LogP contribution in [0, 0.1) is 5.92 Å². The molecule has 0 saturated heterocycles. The number of rotatable bonds is 7. The van der Waals surface area contributed by atoms with Crippen molar-refractivity contribution in [1.82, 2.24) is 5.32 Å². The van der Waals surface area contributed by atoms with E-state index in [0.29, 0.717) is 18.9 Å². The summed E-state index contributed by atoms with van der Waals surface area (Å²) in [4.78, 5) is 12.2. The molecule has 1 unspecified atom stereocenters. The summed E-state index contributed by atoms with van der Waals surface area (Å²) in [6.45, 7) is 0.897. The van der Waals surface area contributed by atoms with Crippen molar-refractivity contribution in [2.75, 3.05) is 27.6 Å². The normalized spacial score (nSPS) is 25.0. The lowest BCUT2D eigenvalue weighted by Crippen LogP contribution is -2.35. The monoisotopic (exact) mass is 349 g/mol. The van der Waals surface area contributed by atoms with Crippen LogP contribution in [0.25, 0.3) is 0 Å². The third-order valence-corrected chi connectivity index (χ3v) is 5.03. The van der Waals surface area contributed by atoms with Crippen LogP contribution >= 0.6 is 0 Å². The molecule has 1 aromatic carbocycles. The Morgan fingerprint density at radius 1 is 1.12 bits per heavy atom. The number of fused-ring (bicyclic) bond motifs is 1. The number of benzene rings is 1. The van der Waals surface area contributed by atoms with Gasteiger partial charge in [0.15, 0.2) is 11.5 Å². The van der Waals surface area contributed by atoms with Crippen molar-refractivity contribution in [3.63, 3.8) is 0 Å². The molecule has 1 heterocycles. The number of methoxy groups -OCH3 is 2. The molecule has 6 nitrogen and oxygen atoms in total. The van der Waals surface area contributed by atoms with Crippen molar-refractivity contribution in [2.45, 2.75) is 44.3 Å². The minimum Gasteiger partial charge on any atom is -0.454 e. The van der Waals surface area contributed by atoms with Crippen LogP contribution in [0.5, 0.6) is 11.5 Å². The van der Waals surface area contributed by atoms with Gasteiger partial charge >= 0.3 is 0 Å². The van der Waals surface area contributed by atoms with E-state index in [4.69, 9.17) is 18.9 Å². The van der Waals surface area contributed by atoms with Gasteiger partial charge in [-0.15, -0.1) is 0 Å². The second kappa shape index (κ2) is 8.54. The van der Waals surface area contributed by atoms with Gasteiger partial charge in [-0.3, -0.25) is 4.79 Å². The molecule has 1 aromatic rings. The summed E-state index contributed by atoms with van der Waals surface area (Å²) in [6, 6.07) is 5.90. The molecule has 3 rings (SSSR count). The summed E-state index contributed by atoms with van der Waals surface area (Å²) in [6.07, 6.45) is 4.43. The molecule has 138 valence electrons. The van der Waals surface area contributed by atoms with Crippen molar-refractivity contribution in [3.8, 4) is 11.5 Å². The number of nitrogens with one attached hydrogen (secondary N) is 1. The minimum atomic E-state index is 0.0948. The molecule has 0 spiro atoms. The highest BCUT2D eigenvalue weighted by Crippen LogP contribution is 2.32. The molecule has 1 aliphatic carbocycles. The maximum absolute atomic E-state index is 12.2. The number of ether oxygens (including phenoxy) is 4. The molecule has 3 atom stereocenters. The molecule has 1 aliphatic heterocycles. The van der Waals surface area contributed by atoms with Crippen molar-refractivity contribution >= 4 is 5.91 Å². The second-order valence-corrected chi connectivity index (χ2v) is 6.78. The number of carbonyl (C=O) groups is 1. The standard InChI is InChI=1S/C19H27NO5/c1-22-15-7-14(8-16(11-15)23-2)10-19(21)20-6-5-13-3-4-17-18(9-13)25-12-24-17/h3-4,9,14-16H,5-8,10-12H2,1-2H3,(H,20,21)/t14?,15-,16+. The van der Waals surface area contributed by atoms with E-state index in [1.54, 1.807) is 14.2 Å². The topological polar surface area (TPSA) is 66.0 Å². The van der Waals surface area contributed by atoms with Crippen LogP contribution in [-0.2, 0) is 20.7 Å². The first-order chi connectivity index (χ1) is 12.2. The van der Waals surface area contributed by atoms with Crippen LogP contribution in [0.1, 0.15) is 31.2 Å². The van der Waals surface area contributed by atoms with Gasteiger partial charge in [0, 0.05) is 27.2 Å². The summed E-state index contributed by atoms with van der Waals surface area (Å²) >= 11 is 0. The van der Waals surface area contributed by atoms with Gasteiger partial charge in [0.25, 0.3) is 0 Å². The zero-order valence-corrected chi connectivity index (χ0v) is 15.0. The first-order valence-corrected chi connectivity index (χ1v) is 8.88. The van der Waals surface area contributed by atoms with E-state index in [1.165, 1.54) is 0 Å². The molecule has 1 fully saturated rings. The van der Waals surface area contributed by atoms with Crippen LogP contribution in [-0.4, -0.2) is 45.7 Å². The Bertz CT molecular complexity index is 579. The van der Waals surface area contributed by atoms with Crippen molar-refractivity contribution < 1.29 is 23.7 Å². The van der Waals surface area contributed by atoms with Gasteiger partial charge in [0.2, 0.25) is 12.7 Å². The Kier molecular flexibility index (Phi) is 6.15. The lowest BCUT2D eigenvalue weighted by Gasteiger charge is -2.33. The van der Waals surface area contributed by atoms with E-state index in [2.05, 4.69) is 5.32 Å². The van der Waals surface area contributed by atoms with Gasteiger partial charge < -0.3 is 24.3 Å². The Hall–Kier alpha value is -1.79. The van der Waals surface area contributed by atoms with Crippen LogP contribution in [0.3, 0.4) is 0 Å². The summed E-state index contributed by atoms with van der Waals surface area (Å²) < 4.78 is 21.6. The molecule has 0 bridgehead atoms. The van der Waals surface area contributed by atoms with Crippen LogP contribution in [0.15, 0.2) is 18.2 Å². The molecular formula is C19H27NO5. The third-order valence-electron chi connectivity index (χ3n) is 5.03. The zero-order chi connectivity index (χ0) is 17.6. The van der Waals surface area contributed by atoms with E-state index in [0.717, 1.165) is 42.7 Å². The number of hydrogen-bond acceptors (Lipinski definition) is 5. The average Bonchev–Trinajstić information content (AvgIpc) is 3.09. The lowest BCUT2D eigenvalue weighted by atomic mass is 9.83. The maximum Gasteiger partial charge on any atom is 0.231 e. The Morgan fingerprint density at radius 2 is 1.84 bits per heavy atom. The van der Waals surface area contributed by atoms with Gasteiger partial charge in [-0.2, -0.15) is 0 Å². The number of carbonyl (C=O) groups excluding carboxylic acids is 1. The van der Waals surface area contributed by atoms with Crippen LogP contribution < -0.4 is 14.8 Å². The first kappa shape index (κ1) is 18.0. The summed E-state index contributed by atoms with van der Waals surface area (Å²) in [5.74, 6) is 1.97. The molecular weight excluding hydrogens is 322 g/mol. The maximum atomic E-state index is 12.2. The SMILES string of the molecule is CO[C@@H]1CC(CC(=O)NCCc2ccc3c(c2)OCO3)C[C@H](OC)C1. The summed E-state index contributed by atoms with van der Waals surface area (Å²) in [7, 11) is 3.45. The molecule has 0 aromatic heterocycles. The van der Waals surface area contributed by atoms with Gasteiger partial charge in [-0.25, -0.2) is 0 Å². The first-order valence-electron chi connectivity index (χ1n) is 8.88. The molecule has 1 amide bonds. The highest BCUT2D eigenvalue weighted by molar-refractivity contribution is 5.76. The zero-order valence-electron chi connectivity index (χ0n) is 15.0. The minimum absolute atomic E-state index is 0.0948. The lowest BCUT2D eigenvalue weighted by molar-refractivity contribution is -0.123. The molecule has 0 radical (unpaired) electrons. The predicted molar refractivity (Wildman–Crippen MR) is 92.8 cm³/mol. The summed E-state index contributed by atoms with van der Waals surface area (Å²) in [5.41, 5.74) is 1.13. The highest BCUT2D eigenvalue weighted by Gasteiger charge is 2.30. The van der Waals surface area contributed by atoms with Crippen LogP contribution in [0.2, 0.25) is 0 Å². The fraction of sp³-hybridized carbons (Fsp3) is 0.632. The Morgan fingerprint density at radius 3 is 2.56 bits per heavy atom. The third kappa shape index (κ3) is 4.86. The van der Waals surface area contributed by atoms with Crippen molar-refractivity contribution in [3.05, 3.63) is 23.8 Å². The average molecular weight is 349 g/mol. The quantitative estimate of drug-likeness (QED) is 0.818. The predicted octanol–water partition coefficient (Wildman–Crippen LogP) is 2.29. The number of amides is 1. The van der Waals surface area contributed by atoms with E-state index >= 15 is 0 Å². The molecule has 25 heavy (non-hydrogen) atoms. The fourth-order valence-electron chi connectivity index (χ4n) is 3.65. The van der Waals surface area contributed by atoms with Gasteiger partial charge in [-0.05, 0) is 49.3 Å². The van der Waals surface area contributed by atoms with Crippen LogP contribution in [0.4, 0.5) is 0 Å². The molecule has 6 heteroatoms. The Balaban J connectivity index is 1.42. The second-order valence-electron chi connectivity index (χ2n) is 6.78. The summed E-state index contributed by atoms with van der Waals surface area (Å²) in [5, 5.41) is 3.02. The molecule has 2 aliphatic rings.